The van der Waals surface area contributed by atoms with Crippen LogP contribution in [0.3, 0.4) is 0 Å². The number of rotatable bonds is 6. The molecule has 0 aliphatic rings. The molecule has 0 aromatic carbocycles. The highest BCUT2D eigenvalue weighted by Crippen LogP contribution is 1.83. The number of nitrogens with one attached hydrogen (secondary N) is 1. The van der Waals surface area contributed by atoms with Gasteiger partial charge in [0.25, 0.3) is 0 Å². The van der Waals surface area contributed by atoms with Gasteiger partial charge in [0.05, 0.1) is 6.61 Å². The van der Waals surface area contributed by atoms with Crippen molar-refractivity contribution in [2.75, 3.05) is 20.3 Å². The maximum atomic E-state index is 10.3. The summed E-state index contributed by atoms with van der Waals surface area (Å²) in [5, 5.41) is 11.4. The van der Waals surface area contributed by atoms with Crippen molar-refractivity contribution in [2.45, 2.75) is 19.0 Å². The van der Waals surface area contributed by atoms with Crippen LogP contribution in [0.25, 0.3) is 0 Å². The number of carboxylic acid groups (broad SMARTS) is 1. The maximum absolute atomic E-state index is 10.3. The van der Waals surface area contributed by atoms with E-state index in [4.69, 9.17) is 15.6 Å². The molecule has 0 aromatic heterocycles. The lowest BCUT2D eigenvalue weighted by Crippen LogP contribution is -2.44. The first-order valence-electron chi connectivity index (χ1n) is 3.78. The van der Waals surface area contributed by atoms with Crippen LogP contribution >= 0.6 is 0 Å². The van der Waals surface area contributed by atoms with Gasteiger partial charge in [-0.1, -0.05) is 0 Å². The van der Waals surface area contributed by atoms with E-state index in [1.807, 2.05) is 6.92 Å². The monoisotopic (exact) mass is 176 g/mol. The van der Waals surface area contributed by atoms with E-state index in [2.05, 4.69) is 5.32 Å². The Bertz CT molecular complexity index is 141. The Morgan fingerprint density at radius 1 is 1.75 bits per heavy atom. The highest BCUT2D eigenvalue weighted by molar-refractivity contribution is 5.73. The molecule has 0 saturated heterocycles. The molecule has 12 heavy (non-hydrogen) atoms. The number of hydrogen-bond donors (Lipinski definition) is 3. The molecule has 0 aliphatic heterocycles. The number of aliphatic carboxylic acids is 1. The Labute approximate surface area is 71.9 Å². The Balaban J connectivity index is 3.46. The molecule has 72 valence electrons. The number of ether oxygens (including phenoxy) is 1. The molecule has 4 N–H and O–H groups in total. The molecule has 0 saturated carbocycles. The van der Waals surface area contributed by atoms with Crippen molar-refractivity contribution in [1.82, 2.24) is 5.32 Å². The third-order valence-corrected chi connectivity index (χ3v) is 1.42. The fourth-order valence-corrected chi connectivity index (χ4v) is 0.724. The first-order chi connectivity index (χ1) is 5.57. The molecular formula is C7H16N2O3. The first kappa shape index (κ1) is 11.4. The summed E-state index contributed by atoms with van der Waals surface area (Å²) < 4.78 is 4.85. The summed E-state index contributed by atoms with van der Waals surface area (Å²) in [7, 11) is 1.59. The predicted octanol–water partition coefficient (Wildman–Crippen LogP) is -0.977. The van der Waals surface area contributed by atoms with Crippen molar-refractivity contribution in [3.8, 4) is 0 Å². The molecule has 0 fully saturated rings. The lowest BCUT2D eigenvalue weighted by Gasteiger charge is -2.14. The molecule has 0 amide bonds. The average molecular weight is 176 g/mol. The molecule has 2 unspecified atom stereocenters. The minimum Gasteiger partial charge on any atom is -0.480 e. The van der Waals surface area contributed by atoms with Crippen molar-refractivity contribution in [1.29, 1.82) is 0 Å². The Morgan fingerprint density at radius 3 is 2.75 bits per heavy atom. The van der Waals surface area contributed by atoms with Crippen LogP contribution in [0.1, 0.15) is 6.92 Å². The minimum absolute atomic E-state index is 0.125. The normalized spacial score (nSPS) is 15.6. The van der Waals surface area contributed by atoms with E-state index in [9.17, 15) is 4.79 Å². The highest BCUT2D eigenvalue weighted by Gasteiger charge is 2.11. The van der Waals surface area contributed by atoms with Crippen molar-refractivity contribution in [3.63, 3.8) is 0 Å². The minimum atomic E-state index is -0.993. The zero-order valence-electron chi connectivity index (χ0n) is 7.41. The fourth-order valence-electron chi connectivity index (χ4n) is 0.724. The van der Waals surface area contributed by atoms with Gasteiger partial charge in [-0.15, -0.1) is 0 Å². The van der Waals surface area contributed by atoms with Crippen LogP contribution in [0, 0.1) is 0 Å². The van der Waals surface area contributed by atoms with Crippen LogP contribution in [0.15, 0.2) is 0 Å². The molecule has 0 spiro atoms. The van der Waals surface area contributed by atoms with E-state index in [0.29, 0.717) is 6.61 Å². The summed E-state index contributed by atoms with van der Waals surface area (Å²) in [5.74, 6) is -0.993. The van der Waals surface area contributed by atoms with Crippen LogP contribution in [0.2, 0.25) is 0 Å². The Morgan fingerprint density at radius 2 is 2.33 bits per heavy atom. The fraction of sp³-hybridized carbons (Fsp3) is 0.857. The first-order valence-corrected chi connectivity index (χ1v) is 3.78. The Kier molecular flexibility index (Phi) is 5.61. The highest BCUT2D eigenvalue weighted by atomic mass is 16.5. The van der Waals surface area contributed by atoms with Gasteiger partial charge < -0.3 is 20.9 Å². The van der Waals surface area contributed by atoms with Crippen molar-refractivity contribution in [3.05, 3.63) is 0 Å². The summed E-state index contributed by atoms with van der Waals surface area (Å²) in [6, 6.07) is -0.718. The van der Waals surface area contributed by atoms with Gasteiger partial charge in [0, 0.05) is 19.7 Å². The third-order valence-electron chi connectivity index (χ3n) is 1.42. The van der Waals surface area contributed by atoms with Crippen molar-refractivity contribution in [2.24, 2.45) is 5.73 Å². The third kappa shape index (κ3) is 5.06. The maximum Gasteiger partial charge on any atom is 0.321 e. The van der Waals surface area contributed by atoms with E-state index in [1.54, 1.807) is 7.11 Å². The summed E-state index contributed by atoms with van der Waals surface area (Å²) in [4.78, 5) is 10.3. The molecule has 5 heteroatoms. The number of methoxy groups -OCH3 is 1. The second-order valence-corrected chi connectivity index (χ2v) is 2.71. The van der Waals surface area contributed by atoms with Crippen LogP contribution in [0.4, 0.5) is 0 Å². The average Bonchev–Trinajstić information content (AvgIpc) is 2.00. The van der Waals surface area contributed by atoms with E-state index in [0.717, 1.165) is 0 Å². The van der Waals surface area contributed by atoms with Gasteiger partial charge in [0.1, 0.15) is 6.04 Å². The van der Waals surface area contributed by atoms with Crippen LogP contribution in [0.5, 0.6) is 0 Å². The zero-order chi connectivity index (χ0) is 9.56. The molecule has 0 heterocycles. The second kappa shape index (κ2) is 5.93. The number of hydrogen-bond acceptors (Lipinski definition) is 4. The van der Waals surface area contributed by atoms with Gasteiger partial charge in [-0.2, -0.15) is 0 Å². The molecule has 0 rings (SSSR count). The number of carboxylic acids is 1. The van der Waals surface area contributed by atoms with E-state index in [1.165, 1.54) is 0 Å². The van der Waals surface area contributed by atoms with Gasteiger partial charge in [-0.3, -0.25) is 4.79 Å². The van der Waals surface area contributed by atoms with Gasteiger partial charge in [0.15, 0.2) is 0 Å². The number of nitrogens with two attached hydrogens (primary N) is 1. The van der Waals surface area contributed by atoms with Gasteiger partial charge in [-0.25, -0.2) is 0 Å². The second-order valence-electron chi connectivity index (χ2n) is 2.71. The molecule has 5 nitrogen and oxygen atoms in total. The van der Waals surface area contributed by atoms with E-state index >= 15 is 0 Å². The molecular weight excluding hydrogens is 160 g/mol. The van der Waals surface area contributed by atoms with Gasteiger partial charge in [0.2, 0.25) is 0 Å². The molecule has 2 atom stereocenters. The Hall–Kier alpha value is -0.650. The van der Waals surface area contributed by atoms with E-state index < -0.39 is 12.0 Å². The summed E-state index contributed by atoms with van der Waals surface area (Å²) in [6.45, 7) is 2.71. The smallest absolute Gasteiger partial charge is 0.321 e. The summed E-state index contributed by atoms with van der Waals surface area (Å²) in [6.07, 6.45) is 0. The molecule has 0 aliphatic carbocycles. The number of carbonyl (C=O) groups is 1. The van der Waals surface area contributed by atoms with E-state index in [-0.39, 0.29) is 12.6 Å². The van der Waals surface area contributed by atoms with Crippen LogP contribution < -0.4 is 11.1 Å². The molecule has 0 radical (unpaired) electrons. The molecule has 0 aromatic rings. The zero-order valence-corrected chi connectivity index (χ0v) is 7.41. The van der Waals surface area contributed by atoms with Gasteiger partial charge >= 0.3 is 5.97 Å². The lowest BCUT2D eigenvalue weighted by molar-refractivity contribution is -0.138. The van der Waals surface area contributed by atoms with Crippen LogP contribution in [-0.4, -0.2) is 43.4 Å². The van der Waals surface area contributed by atoms with Gasteiger partial charge in [-0.05, 0) is 6.92 Å². The largest absolute Gasteiger partial charge is 0.480 e. The SMILES string of the molecule is COCC(C)NCC(N)C(=O)O. The van der Waals surface area contributed by atoms with Crippen molar-refractivity contribution >= 4 is 5.97 Å². The lowest BCUT2D eigenvalue weighted by atomic mass is 10.3. The topological polar surface area (TPSA) is 84.6 Å². The predicted molar refractivity (Wildman–Crippen MR) is 45.0 cm³/mol. The standard InChI is InChI=1S/C7H16N2O3/c1-5(4-12-2)9-3-6(8)7(10)11/h5-6,9H,3-4,8H2,1-2H3,(H,10,11). The summed E-state index contributed by atoms with van der Waals surface area (Å²) >= 11 is 0. The quantitative estimate of drug-likeness (QED) is 0.484. The van der Waals surface area contributed by atoms with Crippen LogP contribution in [-0.2, 0) is 9.53 Å². The summed E-state index contributed by atoms with van der Waals surface area (Å²) in [5.41, 5.74) is 5.26. The molecule has 0 bridgehead atoms. The van der Waals surface area contributed by atoms with Crippen molar-refractivity contribution < 1.29 is 14.6 Å².